The number of nitriles is 1. The molecule has 108 valence electrons. The number of aromatic nitrogens is 2. The predicted octanol–water partition coefficient (Wildman–Crippen LogP) is 3.27. The van der Waals surface area contributed by atoms with Crippen molar-refractivity contribution in [3.8, 4) is 17.3 Å². The Balaban J connectivity index is 1.97. The number of thiophene rings is 1. The lowest BCUT2D eigenvalue weighted by Crippen LogP contribution is -2.23. The number of fused-ring (bicyclic) bond motifs is 1. The lowest BCUT2D eigenvalue weighted by atomic mass is 10.1. The van der Waals surface area contributed by atoms with Crippen LogP contribution in [0.25, 0.3) is 21.5 Å². The fourth-order valence-electron chi connectivity index (χ4n) is 2.03. The first-order valence-electron chi connectivity index (χ1n) is 6.35. The van der Waals surface area contributed by atoms with Crippen LogP contribution in [0.5, 0.6) is 0 Å². The zero-order valence-electron chi connectivity index (χ0n) is 11.2. The molecule has 0 aliphatic heterocycles. The number of rotatable bonds is 3. The molecule has 7 heteroatoms. The van der Waals surface area contributed by atoms with Gasteiger partial charge in [0, 0.05) is 11.1 Å². The fraction of sp³-hybridized carbons (Fsp3) is 0.0667. The normalized spacial score (nSPS) is 10.4. The van der Waals surface area contributed by atoms with Crippen molar-refractivity contribution < 1.29 is 4.79 Å². The molecule has 3 rings (SSSR count). The topological polar surface area (TPSA) is 78.7 Å². The number of benzene rings is 1. The van der Waals surface area contributed by atoms with Crippen molar-refractivity contribution in [2.45, 2.75) is 0 Å². The van der Waals surface area contributed by atoms with Crippen LogP contribution in [-0.4, -0.2) is 22.4 Å². The number of hydrogen-bond donors (Lipinski definition) is 1. The quantitative estimate of drug-likeness (QED) is 0.591. The van der Waals surface area contributed by atoms with E-state index in [4.69, 9.17) is 16.9 Å². The standard InChI is InChI=1S/C15H9ClN4OS/c16-15-19-11-5-8-22-13(11)12(20-15)9-1-3-10(4-2-9)14(21)18-7-6-17/h1-5,8H,7H2,(H,18,21). The number of amides is 1. The summed E-state index contributed by atoms with van der Waals surface area (Å²) in [5.74, 6) is -0.282. The molecule has 0 saturated carbocycles. The van der Waals surface area contributed by atoms with Crippen molar-refractivity contribution in [1.29, 1.82) is 5.26 Å². The number of carbonyl (C=O) groups excluding carboxylic acids is 1. The van der Waals surface area contributed by atoms with Crippen LogP contribution in [0.2, 0.25) is 5.28 Å². The predicted molar refractivity (Wildman–Crippen MR) is 85.8 cm³/mol. The van der Waals surface area contributed by atoms with Crippen LogP contribution in [0.1, 0.15) is 10.4 Å². The number of hydrogen-bond acceptors (Lipinski definition) is 5. The smallest absolute Gasteiger partial charge is 0.252 e. The molecule has 0 bridgehead atoms. The van der Waals surface area contributed by atoms with Gasteiger partial charge in [0.2, 0.25) is 5.28 Å². The highest BCUT2D eigenvalue weighted by Crippen LogP contribution is 2.31. The SMILES string of the molecule is N#CCNC(=O)c1ccc(-c2nc(Cl)nc3ccsc23)cc1. The van der Waals surface area contributed by atoms with E-state index in [2.05, 4.69) is 15.3 Å². The molecule has 2 heterocycles. The summed E-state index contributed by atoms with van der Waals surface area (Å²) in [6, 6.07) is 10.7. The molecule has 0 aliphatic rings. The highest BCUT2D eigenvalue weighted by Gasteiger charge is 2.11. The van der Waals surface area contributed by atoms with E-state index >= 15 is 0 Å². The Morgan fingerprint density at radius 1 is 1.27 bits per heavy atom. The Morgan fingerprint density at radius 3 is 2.77 bits per heavy atom. The van der Waals surface area contributed by atoms with Gasteiger partial charge in [0.05, 0.1) is 22.0 Å². The maximum atomic E-state index is 11.8. The Kier molecular flexibility index (Phi) is 4.00. The Hall–Kier alpha value is -2.49. The fourth-order valence-corrected chi connectivity index (χ4v) is 3.05. The first-order chi connectivity index (χ1) is 10.7. The van der Waals surface area contributed by atoms with Gasteiger partial charge in [0.1, 0.15) is 6.54 Å². The Labute approximate surface area is 135 Å². The van der Waals surface area contributed by atoms with E-state index < -0.39 is 0 Å². The molecule has 5 nitrogen and oxygen atoms in total. The first kappa shape index (κ1) is 14.4. The molecular formula is C15H9ClN4OS. The summed E-state index contributed by atoms with van der Waals surface area (Å²) in [4.78, 5) is 20.2. The van der Waals surface area contributed by atoms with Crippen LogP contribution < -0.4 is 5.32 Å². The monoisotopic (exact) mass is 328 g/mol. The first-order valence-corrected chi connectivity index (χ1v) is 7.61. The van der Waals surface area contributed by atoms with E-state index in [-0.39, 0.29) is 17.7 Å². The third-order valence-electron chi connectivity index (χ3n) is 3.02. The van der Waals surface area contributed by atoms with Crippen molar-refractivity contribution >= 4 is 39.1 Å². The largest absolute Gasteiger partial charge is 0.339 e. The molecule has 0 spiro atoms. The molecule has 0 atom stereocenters. The second kappa shape index (κ2) is 6.10. The average Bonchev–Trinajstić information content (AvgIpc) is 3.00. The van der Waals surface area contributed by atoms with Gasteiger partial charge in [-0.15, -0.1) is 11.3 Å². The van der Waals surface area contributed by atoms with Gasteiger partial charge in [-0.2, -0.15) is 5.26 Å². The highest BCUT2D eigenvalue weighted by molar-refractivity contribution is 7.17. The van der Waals surface area contributed by atoms with Gasteiger partial charge in [-0.3, -0.25) is 4.79 Å². The molecule has 0 fully saturated rings. The number of carbonyl (C=O) groups is 1. The molecule has 1 amide bonds. The number of nitrogens with one attached hydrogen (secondary N) is 1. The zero-order chi connectivity index (χ0) is 15.5. The van der Waals surface area contributed by atoms with Crippen LogP contribution >= 0.6 is 22.9 Å². The summed E-state index contributed by atoms with van der Waals surface area (Å²) < 4.78 is 0.950. The number of nitrogens with zero attached hydrogens (tertiary/aromatic N) is 3. The second-order valence-electron chi connectivity index (χ2n) is 4.39. The van der Waals surface area contributed by atoms with E-state index in [9.17, 15) is 4.79 Å². The average molecular weight is 329 g/mol. The molecule has 0 radical (unpaired) electrons. The van der Waals surface area contributed by atoms with Gasteiger partial charge in [-0.25, -0.2) is 9.97 Å². The van der Waals surface area contributed by atoms with Crippen molar-refractivity contribution in [3.63, 3.8) is 0 Å². The third kappa shape index (κ3) is 2.77. The van der Waals surface area contributed by atoms with Crippen molar-refractivity contribution in [2.24, 2.45) is 0 Å². The van der Waals surface area contributed by atoms with E-state index in [1.807, 2.05) is 17.5 Å². The van der Waals surface area contributed by atoms with Gasteiger partial charge in [0.25, 0.3) is 5.91 Å². The Morgan fingerprint density at radius 2 is 2.05 bits per heavy atom. The van der Waals surface area contributed by atoms with Gasteiger partial charge in [-0.05, 0) is 35.2 Å². The Bertz CT molecular complexity index is 883. The molecule has 1 N–H and O–H groups in total. The molecule has 22 heavy (non-hydrogen) atoms. The molecule has 0 unspecified atom stereocenters. The maximum absolute atomic E-state index is 11.8. The van der Waals surface area contributed by atoms with Crippen LogP contribution in [0, 0.1) is 11.3 Å². The van der Waals surface area contributed by atoms with E-state index in [1.165, 1.54) is 0 Å². The minimum Gasteiger partial charge on any atom is -0.339 e. The van der Waals surface area contributed by atoms with Gasteiger partial charge >= 0.3 is 0 Å². The van der Waals surface area contributed by atoms with Crippen molar-refractivity contribution in [1.82, 2.24) is 15.3 Å². The van der Waals surface area contributed by atoms with E-state index in [0.717, 1.165) is 21.5 Å². The van der Waals surface area contributed by atoms with Gasteiger partial charge in [-0.1, -0.05) is 12.1 Å². The minimum atomic E-state index is -0.282. The van der Waals surface area contributed by atoms with Gasteiger partial charge in [0.15, 0.2) is 0 Å². The van der Waals surface area contributed by atoms with Crippen LogP contribution in [0.15, 0.2) is 35.7 Å². The highest BCUT2D eigenvalue weighted by atomic mass is 35.5. The minimum absolute atomic E-state index is 0.0160. The van der Waals surface area contributed by atoms with Crippen LogP contribution in [0.3, 0.4) is 0 Å². The summed E-state index contributed by atoms with van der Waals surface area (Å²) >= 11 is 7.50. The van der Waals surface area contributed by atoms with Crippen molar-refractivity contribution in [3.05, 3.63) is 46.6 Å². The lowest BCUT2D eigenvalue weighted by molar-refractivity contribution is 0.0958. The maximum Gasteiger partial charge on any atom is 0.252 e. The third-order valence-corrected chi connectivity index (χ3v) is 4.10. The van der Waals surface area contributed by atoms with Crippen LogP contribution in [0.4, 0.5) is 0 Å². The second-order valence-corrected chi connectivity index (χ2v) is 5.65. The summed E-state index contributed by atoms with van der Waals surface area (Å²) in [6.45, 7) is -0.0160. The summed E-state index contributed by atoms with van der Waals surface area (Å²) in [5.41, 5.74) is 2.89. The van der Waals surface area contributed by atoms with E-state index in [1.54, 1.807) is 35.6 Å². The molecule has 0 aliphatic carbocycles. The van der Waals surface area contributed by atoms with E-state index in [0.29, 0.717) is 5.56 Å². The van der Waals surface area contributed by atoms with Crippen molar-refractivity contribution in [2.75, 3.05) is 6.54 Å². The zero-order valence-corrected chi connectivity index (χ0v) is 12.8. The summed E-state index contributed by atoms with van der Waals surface area (Å²) in [7, 11) is 0. The summed E-state index contributed by atoms with van der Waals surface area (Å²) in [5, 5.41) is 13.1. The molecule has 0 saturated heterocycles. The summed E-state index contributed by atoms with van der Waals surface area (Å²) in [6.07, 6.45) is 0. The number of halogens is 1. The molecule has 2 aromatic heterocycles. The molecular weight excluding hydrogens is 320 g/mol. The molecule has 3 aromatic rings. The molecule has 1 aromatic carbocycles. The lowest BCUT2D eigenvalue weighted by Gasteiger charge is -2.05. The van der Waals surface area contributed by atoms with Crippen LogP contribution in [-0.2, 0) is 0 Å². The van der Waals surface area contributed by atoms with Gasteiger partial charge < -0.3 is 5.32 Å².